The molecule has 1 fully saturated rings. The van der Waals surface area contributed by atoms with Crippen molar-refractivity contribution in [3.05, 3.63) is 54.1 Å². The van der Waals surface area contributed by atoms with Gasteiger partial charge < -0.3 is 14.9 Å². The second-order valence-corrected chi connectivity index (χ2v) is 9.19. The molecule has 2 aliphatic heterocycles. The van der Waals surface area contributed by atoms with Gasteiger partial charge in [-0.2, -0.15) is 0 Å². The number of imide groups is 1. The van der Waals surface area contributed by atoms with Crippen LogP contribution in [0.1, 0.15) is 5.56 Å². The number of thiophene rings is 1. The Kier molecular flexibility index (Phi) is 4.52. The molecule has 1 N–H and O–H groups in total. The first-order valence-electron chi connectivity index (χ1n) is 10.0. The van der Waals surface area contributed by atoms with Crippen molar-refractivity contribution in [3.63, 3.8) is 0 Å². The second-order valence-electron chi connectivity index (χ2n) is 8.16. The van der Waals surface area contributed by atoms with Gasteiger partial charge in [0.1, 0.15) is 16.8 Å². The maximum atomic E-state index is 13.4. The van der Waals surface area contributed by atoms with E-state index in [1.165, 1.54) is 4.90 Å². The minimum absolute atomic E-state index is 0.0991. The SMILES string of the molecule is CN(C)CCN1C(=O)C2Cc3c(sc4ccccc34)N(c3cccc(O)c3)C2C1=O. The lowest BCUT2D eigenvalue weighted by atomic mass is 9.88. The lowest BCUT2D eigenvalue weighted by Gasteiger charge is -2.36. The van der Waals surface area contributed by atoms with Crippen molar-refractivity contribution < 1.29 is 14.7 Å². The van der Waals surface area contributed by atoms with Crippen LogP contribution in [0.2, 0.25) is 0 Å². The first-order chi connectivity index (χ1) is 14.5. The Morgan fingerprint density at radius 2 is 1.90 bits per heavy atom. The topological polar surface area (TPSA) is 64.1 Å². The van der Waals surface area contributed by atoms with Gasteiger partial charge in [0.25, 0.3) is 5.91 Å². The first-order valence-corrected chi connectivity index (χ1v) is 10.9. The van der Waals surface area contributed by atoms with Crippen LogP contribution in [0.25, 0.3) is 10.1 Å². The van der Waals surface area contributed by atoms with Crippen LogP contribution in [0.3, 0.4) is 0 Å². The van der Waals surface area contributed by atoms with Crippen LogP contribution in [0.4, 0.5) is 10.7 Å². The van der Waals surface area contributed by atoms with Crippen LogP contribution >= 0.6 is 11.3 Å². The number of amides is 2. The molecule has 1 aromatic heterocycles. The van der Waals surface area contributed by atoms with Gasteiger partial charge in [0, 0.05) is 29.5 Å². The lowest BCUT2D eigenvalue weighted by Crippen LogP contribution is -2.45. The van der Waals surface area contributed by atoms with Crippen molar-refractivity contribution in [3.8, 4) is 5.75 Å². The highest BCUT2D eigenvalue weighted by Gasteiger charge is 2.54. The average molecular weight is 422 g/mol. The van der Waals surface area contributed by atoms with Crippen molar-refractivity contribution >= 4 is 43.9 Å². The number of hydrogen-bond acceptors (Lipinski definition) is 6. The molecule has 0 radical (unpaired) electrons. The van der Waals surface area contributed by atoms with Gasteiger partial charge >= 0.3 is 0 Å². The molecule has 7 heteroatoms. The zero-order valence-electron chi connectivity index (χ0n) is 16.9. The smallest absolute Gasteiger partial charge is 0.253 e. The number of anilines is 2. The molecule has 3 aromatic rings. The highest BCUT2D eigenvalue weighted by atomic mass is 32.1. The predicted octanol–water partition coefficient (Wildman–Crippen LogP) is 3.22. The predicted molar refractivity (Wildman–Crippen MR) is 118 cm³/mol. The maximum Gasteiger partial charge on any atom is 0.253 e. The Hall–Kier alpha value is -2.90. The van der Waals surface area contributed by atoms with Crippen LogP contribution in [-0.4, -0.2) is 59.9 Å². The fourth-order valence-electron chi connectivity index (χ4n) is 4.53. The molecule has 0 aliphatic carbocycles. The van der Waals surface area contributed by atoms with Crippen LogP contribution in [0.5, 0.6) is 5.75 Å². The third-order valence-electron chi connectivity index (χ3n) is 5.96. The number of likely N-dealkylation sites (N-methyl/N-ethyl adjacent to an activating group) is 1. The number of hydrogen-bond donors (Lipinski definition) is 1. The number of aromatic hydroxyl groups is 1. The van der Waals surface area contributed by atoms with Gasteiger partial charge in [0.05, 0.1) is 5.92 Å². The van der Waals surface area contributed by atoms with Gasteiger partial charge in [-0.25, -0.2) is 0 Å². The van der Waals surface area contributed by atoms with Crippen molar-refractivity contribution in [2.75, 3.05) is 32.1 Å². The third kappa shape index (κ3) is 2.88. The fraction of sp³-hybridized carbons (Fsp3) is 0.304. The normalized spacial score (nSPS) is 20.9. The van der Waals surface area contributed by atoms with E-state index in [-0.39, 0.29) is 17.6 Å². The molecule has 0 bridgehead atoms. The zero-order chi connectivity index (χ0) is 21.0. The van der Waals surface area contributed by atoms with E-state index < -0.39 is 12.0 Å². The Bertz CT molecular complexity index is 1160. The van der Waals surface area contributed by atoms with Crippen LogP contribution < -0.4 is 4.90 Å². The fourth-order valence-corrected chi connectivity index (χ4v) is 5.82. The maximum absolute atomic E-state index is 13.4. The van der Waals surface area contributed by atoms with Crippen molar-refractivity contribution in [2.45, 2.75) is 12.5 Å². The summed E-state index contributed by atoms with van der Waals surface area (Å²) in [4.78, 5) is 32.1. The summed E-state index contributed by atoms with van der Waals surface area (Å²) in [6.45, 7) is 1.02. The Balaban J connectivity index is 1.66. The summed E-state index contributed by atoms with van der Waals surface area (Å²) < 4.78 is 1.14. The van der Waals surface area contributed by atoms with Gasteiger partial charge in [-0.1, -0.05) is 24.3 Å². The van der Waals surface area contributed by atoms with Crippen molar-refractivity contribution in [2.24, 2.45) is 5.92 Å². The molecule has 1 saturated heterocycles. The number of phenols is 1. The molecule has 5 rings (SSSR count). The molecule has 3 heterocycles. The second kappa shape index (κ2) is 7.11. The molecule has 2 amide bonds. The average Bonchev–Trinajstić information content (AvgIpc) is 3.20. The van der Waals surface area contributed by atoms with Gasteiger partial charge in [0.2, 0.25) is 5.91 Å². The third-order valence-corrected chi connectivity index (χ3v) is 7.17. The summed E-state index contributed by atoms with van der Waals surface area (Å²) in [5.74, 6) is -0.540. The summed E-state index contributed by atoms with van der Waals surface area (Å²) >= 11 is 1.63. The molecule has 2 atom stereocenters. The molecule has 0 saturated carbocycles. The quantitative estimate of drug-likeness (QED) is 0.656. The van der Waals surface area contributed by atoms with E-state index in [9.17, 15) is 14.7 Å². The molecule has 154 valence electrons. The van der Waals surface area contributed by atoms with E-state index in [1.54, 1.807) is 29.5 Å². The summed E-state index contributed by atoms with van der Waals surface area (Å²) in [7, 11) is 3.86. The molecule has 2 unspecified atom stereocenters. The summed E-state index contributed by atoms with van der Waals surface area (Å²) in [6.07, 6.45) is 0.558. The first kappa shape index (κ1) is 19.1. The van der Waals surface area contributed by atoms with Gasteiger partial charge in [0.15, 0.2) is 0 Å². The highest BCUT2D eigenvalue weighted by molar-refractivity contribution is 7.23. The molecular weight excluding hydrogens is 398 g/mol. The number of rotatable bonds is 4. The van der Waals surface area contributed by atoms with Gasteiger partial charge in [-0.05, 0) is 49.7 Å². The van der Waals surface area contributed by atoms with Crippen LogP contribution in [0.15, 0.2) is 48.5 Å². The number of likely N-dealkylation sites (tertiary alicyclic amines) is 1. The number of fused-ring (bicyclic) bond motifs is 4. The summed E-state index contributed by atoms with van der Waals surface area (Å²) in [5, 5.41) is 12.2. The molecule has 30 heavy (non-hydrogen) atoms. The number of nitrogens with zero attached hydrogens (tertiary/aromatic N) is 3. The molecule has 0 spiro atoms. The minimum Gasteiger partial charge on any atom is -0.508 e. The largest absolute Gasteiger partial charge is 0.508 e. The Labute approximate surface area is 178 Å². The molecular formula is C23H23N3O3S. The zero-order valence-corrected chi connectivity index (χ0v) is 17.7. The van der Waals surface area contributed by atoms with Crippen molar-refractivity contribution in [1.82, 2.24) is 9.80 Å². The standard InChI is InChI=1S/C23H23N3O3S/c1-24(2)10-11-25-21(28)18-13-17-16-8-3-4-9-19(16)30-23(17)26(20(18)22(25)29)14-6-5-7-15(27)12-14/h3-9,12,18,20,27H,10-11,13H2,1-2H3. The van der Waals surface area contributed by atoms with E-state index in [0.29, 0.717) is 19.5 Å². The number of phenolic OH excluding ortho intramolecular Hbond substituents is 1. The molecule has 2 aromatic carbocycles. The number of carbonyl (C=O) groups excluding carboxylic acids is 2. The van der Waals surface area contributed by atoms with E-state index in [4.69, 9.17) is 0 Å². The monoisotopic (exact) mass is 421 g/mol. The van der Waals surface area contributed by atoms with Crippen LogP contribution in [-0.2, 0) is 16.0 Å². The van der Waals surface area contributed by atoms with E-state index in [1.807, 2.05) is 42.1 Å². The van der Waals surface area contributed by atoms with Crippen LogP contribution in [0, 0.1) is 5.92 Å². The summed E-state index contributed by atoms with van der Waals surface area (Å²) in [5.41, 5.74) is 1.84. The van der Waals surface area contributed by atoms with Crippen molar-refractivity contribution in [1.29, 1.82) is 0 Å². The highest BCUT2D eigenvalue weighted by Crippen LogP contribution is 2.50. The van der Waals surface area contributed by atoms with E-state index in [0.717, 1.165) is 26.3 Å². The summed E-state index contributed by atoms with van der Waals surface area (Å²) in [6, 6.07) is 14.5. The van der Waals surface area contributed by atoms with E-state index in [2.05, 4.69) is 12.1 Å². The minimum atomic E-state index is -0.581. The van der Waals surface area contributed by atoms with Gasteiger partial charge in [-0.3, -0.25) is 14.5 Å². The molecule has 2 aliphatic rings. The Morgan fingerprint density at radius 1 is 1.10 bits per heavy atom. The number of carbonyl (C=O) groups is 2. The number of benzene rings is 2. The lowest BCUT2D eigenvalue weighted by molar-refractivity contribution is -0.139. The van der Waals surface area contributed by atoms with Gasteiger partial charge in [-0.15, -0.1) is 11.3 Å². The molecule has 6 nitrogen and oxygen atoms in total. The van der Waals surface area contributed by atoms with E-state index >= 15 is 0 Å². The Morgan fingerprint density at radius 3 is 2.67 bits per heavy atom.